The molecule has 1 rings (SSSR count). The first kappa shape index (κ1) is 14.3. The number of carboxylic acid groups (broad SMARTS) is 1. The molecule has 0 fully saturated rings. The number of aryl methyl sites for hydroxylation is 3. The van der Waals surface area contributed by atoms with Gasteiger partial charge in [-0.2, -0.15) is 0 Å². The lowest BCUT2D eigenvalue weighted by atomic mass is 9.99. The van der Waals surface area contributed by atoms with Crippen molar-refractivity contribution in [3.63, 3.8) is 0 Å². The lowest BCUT2D eigenvalue weighted by molar-refractivity contribution is -0.138. The first-order valence-corrected chi connectivity index (χ1v) is 5.88. The third kappa shape index (κ3) is 3.90. The van der Waals surface area contributed by atoms with E-state index in [0.29, 0.717) is 13.1 Å². The Morgan fingerprint density at radius 1 is 1.33 bits per heavy atom. The normalized spacial score (nSPS) is 10.4. The summed E-state index contributed by atoms with van der Waals surface area (Å²) in [6.45, 7) is 7.04. The van der Waals surface area contributed by atoms with Crippen LogP contribution in [0.1, 0.15) is 22.3 Å². The number of rotatable bonds is 5. The van der Waals surface area contributed by atoms with Crippen molar-refractivity contribution in [1.29, 1.82) is 0 Å². The Kier molecular flexibility index (Phi) is 4.94. The van der Waals surface area contributed by atoms with Crippen molar-refractivity contribution in [3.05, 3.63) is 34.4 Å². The van der Waals surface area contributed by atoms with Gasteiger partial charge in [-0.1, -0.05) is 23.6 Å². The highest BCUT2D eigenvalue weighted by molar-refractivity contribution is 5.69. The molecular weight excluding hydrogens is 226 g/mol. The van der Waals surface area contributed by atoms with Gasteiger partial charge in [0.05, 0.1) is 13.1 Å². The molecule has 0 heterocycles. The highest BCUT2D eigenvalue weighted by Crippen LogP contribution is 2.18. The maximum atomic E-state index is 10.8. The first-order chi connectivity index (χ1) is 8.43. The Morgan fingerprint density at radius 2 is 1.89 bits per heavy atom. The van der Waals surface area contributed by atoms with Crippen molar-refractivity contribution in [1.82, 2.24) is 4.90 Å². The topological polar surface area (TPSA) is 40.5 Å². The van der Waals surface area contributed by atoms with Crippen LogP contribution in [0.15, 0.2) is 12.1 Å². The smallest absolute Gasteiger partial charge is 0.317 e. The van der Waals surface area contributed by atoms with Crippen LogP contribution >= 0.6 is 0 Å². The number of hydrogen-bond acceptors (Lipinski definition) is 2. The predicted molar refractivity (Wildman–Crippen MR) is 72.4 cm³/mol. The molecule has 18 heavy (non-hydrogen) atoms. The van der Waals surface area contributed by atoms with Crippen LogP contribution in [0.2, 0.25) is 0 Å². The van der Waals surface area contributed by atoms with Crippen molar-refractivity contribution in [3.8, 4) is 12.3 Å². The molecule has 0 aromatic heterocycles. The molecule has 0 aliphatic carbocycles. The number of nitrogens with zero attached hydrogens (tertiary/aromatic N) is 1. The molecule has 0 saturated heterocycles. The molecular formula is C15H19NO2. The predicted octanol–water partition coefficient (Wildman–Crippen LogP) is 2.13. The molecule has 1 aromatic rings. The van der Waals surface area contributed by atoms with E-state index in [2.05, 4.69) is 25.0 Å². The Hall–Kier alpha value is -1.79. The maximum absolute atomic E-state index is 10.8. The van der Waals surface area contributed by atoms with E-state index in [0.717, 1.165) is 5.56 Å². The lowest BCUT2D eigenvalue weighted by Gasteiger charge is -2.20. The van der Waals surface area contributed by atoms with Gasteiger partial charge in [0.15, 0.2) is 0 Å². The van der Waals surface area contributed by atoms with E-state index >= 15 is 0 Å². The van der Waals surface area contributed by atoms with Crippen LogP contribution in [0.3, 0.4) is 0 Å². The average molecular weight is 245 g/mol. The molecule has 0 amide bonds. The Bertz CT molecular complexity index is 463. The number of carboxylic acids is 1. The quantitative estimate of drug-likeness (QED) is 0.808. The minimum atomic E-state index is -0.854. The van der Waals surface area contributed by atoms with Crippen LogP contribution in [0.25, 0.3) is 0 Å². The Balaban J connectivity index is 2.93. The van der Waals surface area contributed by atoms with E-state index in [4.69, 9.17) is 11.5 Å². The molecule has 96 valence electrons. The van der Waals surface area contributed by atoms with Gasteiger partial charge in [-0.15, -0.1) is 6.42 Å². The summed E-state index contributed by atoms with van der Waals surface area (Å²) in [6, 6.07) is 4.22. The van der Waals surface area contributed by atoms with Crippen molar-refractivity contribution in [2.45, 2.75) is 27.3 Å². The van der Waals surface area contributed by atoms with Gasteiger partial charge in [-0.3, -0.25) is 9.69 Å². The summed E-state index contributed by atoms with van der Waals surface area (Å²) in [6.07, 6.45) is 5.27. The zero-order valence-electron chi connectivity index (χ0n) is 11.2. The van der Waals surface area contributed by atoms with Crippen LogP contribution in [0, 0.1) is 33.1 Å². The molecule has 0 unspecified atom stereocenters. The van der Waals surface area contributed by atoms with Crippen LogP contribution in [-0.2, 0) is 11.3 Å². The first-order valence-electron chi connectivity index (χ1n) is 5.88. The fraction of sp³-hybridized carbons (Fsp3) is 0.400. The molecule has 3 nitrogen and oxygen atoms in total. The highest BCUT2D eigenvalue weighted by Gasteiger charge is 2.12. The molecule has 0 aliphatic rings. The number of terminal acetylenes is 1. The summed E-state index contributed by atoms with van der Waals surface area (Å²) in [5, 5.41) is 8.86. The number of carbonyl (C=O) groups is 1. The van der Waals surface area contributed by atoms with Crippen LogP contribution in [-0.4, -0.2) is 29.1 Å². The van der Waals surface area contributed by atoms with Crippen molar-refractivity contribution in [2.24, 2.45) is 0 Å². The third-order valence-corrected chi connectivity index (χ3v) is 2.90. The molecule has 0 saturated carbocycles. The summed E-state index contributed by atoms with van der Waals surface area (Å²) in [4.78, 5) is 12.5. The minimum absolute atomic E-state index is 0.0308. The molecule has 0 aliphatic heterocycles. The average Bonchev–Trinajstić information content (AvgIpc) is 2.22. The summed E-state index contributed by atoms with van der Waals surface area (Å²) < 4.78 is 0. The van der Waals surface area contributed by atoms with E-state index in [1.165, 1.54) is 16.7 Å². The summed E-state index contributed by atoms with van der Waals surface area (Å²) in [5.41, 5.74) is 4.74. The van der Waals surface area contributed by atoms with Gasteiger partial charge in [0.25, 0.3) is 0 Å². The molecule has 1 aromatic carbocycles. The van der Waals surface area contributed by atoms with Gasteiger partial charge in [0, 0.05) is 6.54 Å². The number of aliphatic carboxylic acids is 1. The zero-order chi connectivity index (χ0) is 13.7. The molecule has 0 radical (unpaired) electrons. The molecule has 0 atom stereocenters. The van der Waals surface area contributed by atoms with E-state index in [-0.39, 0.29) is 6.54 Å². The fourth-order valence-electron chi connectivity index (χ4n) is 2.17. The van der Waals surface area contributed by atoms with E-state index in [9.17, 15) is 4.79 Å². The lowest BCUT2D eigenvalue weighted by Crippen LogP contribution is -2.30. The summed E-state index contributed by atoms with van der Waals surface area (Å²) >= 11 is 0. The Labute approximate surface area is 108 Å². The summed E-state index contributed by atoms with van der Waals surface area (Å²) in [5.74, 6) is 1.65. The molecule has 0 spiro atoms. The van der Waals surface area contributed by atoms with Gasteiger partial charge < -0.3 is 5.11 Å². The van der Waals surface area contributed by atoms with Crippen LogP contribution in [0.4, 0.5) is 0 Å². The number of benzene rings is 1. The van der Waals surface area contributed by atoms with Crippen molar-refractivity contribution < 1.29 is 9.90 Å². The van der Waals surface area contributed by atoms with Crippen LogP contribution in [0.5, 0.6) is 0 Å². The molecule has 0 bridgehead atoms. The summed E-state index contributed by atoms with van der Waals surface area (Å²) in [7, 11) is 0. The monoisotopic (exact) mass is 245 g/mol. The van der Waals surface area contributed by atoms with E-state index in [1.807, 2.05) is 13.8 Å². The van der Waals surface area contributed by atoms with E-state index < -0.39 is 5.97 Å². The standard InChI is InChI=1S/C15H19NO2/c1-5-6-16(10-15(17)18)9-14-12(3)7-11(2)8-13(14)4/h1,7-8H,6,9-10H2,2-4H3,(H,17,18). The third-order valence-electron chi connectivity index (χ3n) is 2.90. The second-order valence-electron chi connectivity index (χ2n) is 4.62. The van der Waals surface area contributed by atoms with Gasteiger partial charge in [-0.05, 0) is 37.5 Å². The second kappa shape index (κ2) is 6.23. The van der Waals surface area contributed by atoms with Gasteiger partial charge in [0.1, 0.15) is 0 Å². The number of hydrogen-bond donors (Lipinski definition) is 1. The maximum Gasteiger partial charge on any atom is 0.317 e. The van der Waals surface area contributed by atoms with E-state index in [1.54, 1.807) is 4.90 Å². The fourth-order valence-corrected chi connectivity index (χ4v) is 2.17. The minimum Gasteiger partial charge on any atom is -0.480 e. The van der Waals surface area contributed by atoms with Crippen LogP contribution < -0.4 is 0 Å². The largest absolute Gasteiger partial charge is 0.480 e. The van der Waals surface area contributed by atoms with Gasteiger partial charge in [-0.25, -0.2) is 0 Å². The molecule has 1 N–H and O–H groups in total. The highest BCUT2D eigenvalue weighted by atomic mass is 16.4. The van der Waals surface area contributed by atoms with Gasteiger partial charge >= 0.3 is 5.97 Å². The van der Waals surface area contributed by atoms with Crippen molar-refractivity contribution >= 4 is 5.97 Å². The molecule has 3 heteroatoms. The van der Waals surface area contributed by atoms with Gasteiger partial charge in [0.2, 0.25) is 0 Å². The SMILES string of the molecule is C#CCN(CC(=O)O)Cc1c(C)cc(C)cc1C. The zero-order valence-corrected chi connectivity index (χ0v) is 11.2. The Morgan fingerprint density at radius 3 is 2.33 bits per heavy atom. The second-order valence-corrected chi connectivity index (χ2v) is 4.62. The van der Waals surface area contributed by atoms with Crippen molar-refractivity contribution in [2.75, 3.05) is 13.1 Å².